The van der Waals surface area contributed by atoms with E-state index in [1.54, 1.807) is 12.1 Å². The third-order valence-corrected chi connectivity index (χ3v) is 5.55. The second kappa shape index (κ2) is 12.4. The summed E-state index contributed by atoms with van der Waals surface area (Å²) in [5.74, 6) is -0.829. The van der Waals surface area contributed by atoms with E-state index in [2.05, 4.69) is 20.6 Å². The Balaban J connectivity index is 1.54. The van der Waals surface area contributed by atoms with Crippen molar-refractivity contribution < 1.29 is 33.4 Å². The van der Waals surface area contributed by atoms with Crippen LogP contribution >= 0.6 is 0 Å². The van der Waals surface area contributed by atoms with Gasteiger partial charge in [-0.3, -0.25) is 19.4 Å². The number of unbranched alkanes of at least 4 members (excludes halogenated alkanes) is 2. The van der Waals surface area contributed by atoms with E-state index in [0.29, 0.717) is 30.5 Å². The topological polar surface area (TPSA) is 161 Å². The first kappa shape index (κ1) is 26.3. The summed E-state index contributed by atoms with van der Waals surface area (Å²) in [6.45, 7) is 1.53. The van der Waals surface area contributed by atoms with E-state index in [1.165, 1.54) is 19.6 Å². The zero-order valence-electron chi connectivity index (χ0n) is 20.1. The van der Waals surface area contributed by atoms with Crippen LogP contribution in [0, 0.1) is 6.92 Å². The molecular weight excluding hydrogens is 468 g/mol. The highest BCUT2D eigenvalue weighted by molar-refractivity contribution is 6.05. The number of nitrogens with zero attached hydrogens (tertiary/aromatic N) is 2. The van der Waals surface area contributed by atoms with Crippen LogP contribution in [0.1, 0.15) is 58.8 Å². The number of ether oxygens (including phenoxy) is 1. The highest BCUT2D eigenvalue weighted by Gasteiger charge is 2.22. The van der Waals surface area contributed by atoms with E-state index >= 15 is 0 Å². The second-order valence-corrected chi connectivity index (χ2v) is 8.20. The molecule has 0 aliphatic rings. The molecule has 11 heteroatoms. The van der Waals surface area contributed by atoms with Gasteiger partial charge in [0, 0.05) is 23.6 Å². The van der Waals surface area contributed by atoms with Gasteiger partial charge >= 0.3 is 6.09 Å². The molecule has 190 valence electrons. The quantitative estimate of drug-likeness (QED) is 0.238. The number of aromatic nitrogens is 2. The van der Waals surface area contributed by atoms with Crippen LogP contribution < -0.4 is 15.4 Å². The molecular formula is C25H28N4O7. The zero-order chi connectivity index (χ0) is 26.1. The maximum absolute atomic E-state index is 12.8. The molecule has 0 saturated carbocycles. The highest BCUT2D eigenvalue weighted by atomic mass is 16.5. The number of methoxy groups -OCH3 is 1. The minimum absolute atomic E-state index is 0.0545. The average Bonchev–Trinajstić information content (AvgIpc) is 3.40. The van der Waals surface area contributed by atoms with Gasteiger partial charge in [-0.25, -0.2) is 9.78 Å². The van der Waals surface area contributed by atoms with Crippen molar-refractivity contribution in [3.63, 3.8) is 0 Å². The normalized spacial score (nSPS) is 11.6. The SMILES string of the molecule is COc1cc2nc(C)ccc2cc1C(=O)CNC(=O)C(CCCCCC(=O)c1ncco1)NC(=O)O. The minimum atomic E-state index is -1.35. The lowest BCUT2D eigenvalue weighted by atomic mass is 10.0. The molecule has 36 heavy (non-hydrogen) atoms. The van der Waals surface area contributed by atoms with Gasteiger partial charge in [0.05, 0.1) is 30.9 Å². The average molecular weight is 497 g/mol. The van der Waals surface area contributed by atoms with Gasteiger partial charge in [-0.15, -0.1) is 0 Å². The lowest BCUT2D eigenvalue weighted by Gasteiger charge is -2.17. The molecule has 0 aliphatic carbocycles. The van der Waals surface area contributed by atoms with Crippen molar-refractivity contribution in [2.75, 3.05) is 13.7 Å². The van der Waals surface area contributed by atoms with Gasteiger partial charge in [0.15, 0.2) is 5.78 Å². The number of hydrogen-bond donors (Lipinski definition) is 3. The van der Waals surface area contributed by atoms with E-state index in [1.807, 2.05) is 19.1 Å². The number of fused-ring (bicyclic) bond motifs is 1. The molecule has 0 fully saturated rings. The Labute approximate surface area is 207 Å². The molecule has 2 amide bonds. The number of aryl methyl sites for hydroxylation is 1. The molecule has 1 unspecified atom stereocenters. The second-order valence-electron chi connectivity index (χ2n) is 8.20. The third-order valence-electron chi connectivity index (χ3n) is 5.55. The fourth-order valence-corrected chi connectivity index (χ4v) is 3.72. The number of carbonyl (C=O) groups is 4. The van der Waals surface area contributed by atoms with Crippen LogP contribution in [0.15, 0.2) is 41.1 Å². The molecule has 3 aromatic rings. The number of carboxylic acid groups (broad SMARTS) is 1. The summed E-state index contributed by atoms with van der Waals surface area (Å²) in [5, 5.41) is 14.6. The monoisotopic (exact) mass is 496 g/mol. The lowest BCUT2D eigenvalue weighted by Crippen LogP contribution is -2.47. The maximum Gasteiger partial charge on any atom is 0.405 e. The van der Waals surface area contributed by atoms with Crippen molar-refractivity contribution in [3.8, 4) is 5.75 Å². The molecule has 2 heterocycles. The van der Waals surface area contributed by atoms with E-state index < -0.39 is 18.0 Å². The summed E-state index contributed by atoms with van der Waals surface area (Å²) in [4.78, 5) is 56.8. The number of oxazole rings is 1. The van der Waals surface area contributed by atoms with Gasteiger partial charge in [0.2, 0.25) is 11.7 Å². The largest absolute Gasteiger partial charge is 0.496 e. The summed E-state index contributed by atoms with van der Waals surface area (Å²) in [5.41, 5.74) is 1.80. The zero-order valence-corrected chi connectivity index (χ0v) is 20.1. The van der Waals surface area contributed by atoms with Crippen LogP contribution in [-0.4, -0.2) is 58.3 Å². The van der Waals surface area contributed by atoms with Crippen molar-refractivity contribution in [1.29, 1.82) is 0 Å². The predicted molar refractivity (Wildman–Crippen MR) is 129 cm³/mol. The molecule has 0 bridgehead atoms. The van der Waals surface area contributed by atoms with Gasteiger partial charge in [-0.1, -0.05) is 18.9 Å². The molecule has 0 radical (unpaired) electrons. The minimum Gasteiger partial charge on any atom is -0.496 e. The molecule has 1 aromatic carbocycles. The summed E-state index contributed by atoms with van der Waals surface area (Å²) < 4.78 is 10.3. The Morgan fingerprint density at radius 2 is 1.92 bits per heavy atom. The smallest absolute Gasteiger partial charge is 0.405 e. The van der Waals surface area contributed by atoms with Gasteiger partial charge in [0.1, 0.15) is 18.1 Å². The fraction of sp³-hybridized carbons (Fsp3) is 0.360. The van der Waals surface area contributed by atoms with Crippen molar-refractivity contribution >= 4 is 34.5 Å². The van der Waals surface area contributed by atoms with Crippen LogP contribution in [0.2, 0.25) is 0 Å². The van der Waals surface area contributed by atoms with Crippen molar-refractivity contribution in [2.45, 2.75) is 45.1 Å². The maximum atomic E-state index is 12.8. The number of Topliss-reactive ketones (excluding diaryl/α,β-unsaturated/α-hetero) is 2. The third kappa shape index (κ3) is 7.11. The number of rotatable bonds is 13. The fourth-order valence-electron chi connectivity index (χ4n) is 3.72. The molecule has 3 rings (SSSR count). The van der Waals surface area contributed by atoms with Crippen LogP contribution in [0.3, 0.4) is 0 Å². The highest BCUT2D eigenvalue weighted by Crippen LogP contribution is 2.25. The molecule has 0 aliphatic heterocycles. The van der Waals surface area contributed by atoms with E-state index in [9.17, 15) is 19.2 Å². The van der Waals surface area contributed by atoms with Gasteiger partial charge < -0.3 is 24.9 Å². The summed E-state index contributed by atoms with van der Waals surface area (Å²) in [6.07, 6.45) is 3.45. The number of hydrogen-bond acceptors (Lipinski definition) is 8. The predicted octanol–water partition coefficient (Wildman–Crippen LogP) is 3.31. The Morgan fingerprint density at radius 3 is 2.61 bits per heavy atom. The summed E-state index contributed by atoms with van der Waals surface area (Å²) in [6, 6.07) is 5.96. The first-order chi connectivity index (χ1) is 17.3. The lowest BCUT2D eigenvalue weighted by molar-refractivity contribution is -0.123. The number of pyridine rings is 1. The van der Waals surface area contributed by atoms with Crippen molar-refractivity contribution in [3.05, 3.63) is 53.9 Å². The van der Waals surface area contributed by atoms with Gasteiger partial charge in [0.25, 0.3) is 5.89 Å². The van der Waals surface area contributed by atoms with E-state index in [0.717, 1.165) is 11.1 Å². The summed E-state index contributed by atoms with van der Waals surface area (Å²) in [7, 11) is 1.44. The molecule has 1 atom stereocenters. The van der Waals surface area contributed by atoms with E-state index in [-0.39, 0.29) is 42.4 Å². The molecule has 3 N–H and O–H groups in total. The number of carbonyl (C=O) groups excluding carboxylic acids is 3. The van der Waals surface area contributed by atoms with E-state index in [4.69, 9.17) is 14.3 Å². The molecule has 2 aromatic heterocycles. The van der Waals surface area contributed by atoms with Gasteiger partial charge in [-0.05, 0) is 31.9 Å². The Kier molecular flexibility index (Phi) is 9.09. The van der Waals surface area contributed by atoms with Crippen LogP contribution in [0.4, 0.5) is 4.79 Å². The number of amides is 2. The van der Waals surface area contributed by atoms with Crippen LogP contribution in [-0.2, 0) is 4.79 Å². The Morgan fingerprint density at radius 1 is 1.11 bits per heavy atom. The first-order valence-corrected chi connectivity index (χ1v) is 11.5. The number of benzene rings is 1. The standard InChI is InChI=1S/C25H28N4O7/c1-15-8-9-16-12-17(22(35-2)13-19(16)28-15)21(31)14-27-23(32)18(29-25(33)34)6-4-3-5-7-20(30)24-26-10-11-36-24/h8-13,18,29H,3-7,14H2,1-2H3,(H,27,32)(H,33,34). The molecule has 0 spiro atoms. The molecule has 0 saturated heterocycles. The van der Waals surface area contributed by atoms with Crippen LogP contribution in [0.5, 0.6) is 5.75 Å². The van der Waals surface area contributed by atoms with Crippen molar-refractivity contribution in [1.82, 2.24) is 20.6 Å². The first-order valence-electron chi connectivity index (χ1n) is 11.5. The summed E-state index contributed by atoms with van der Waals surface area (Å²) >= 11 is 0. The Hall–Kier alpha value is -4.28. The van der Waals surface area contributed by atoms with Gasteiger partial charge in [-0.2, -0.15) is 0 Å². The molecule has 11 nitrogen and oxygen atoms in total. The van der Waals surface area contributed by atoms with Crippen LogP contribution in [0.25, 0.3) is 10.9 Å². The Bertz CT molecular complexity index is 1240. The van der Waals surface area contributed by atoms with Crippen molar-refractivity contribution in [2.24, 2.45) is 0 Å². The number of nitrogens with one attached hydrogen (secondary N) is 2. The number of ketones is 2.